The predicted molar refractivity (Wildman–Crippen MR) is 60.5 cm³/mol. The van der Waals surface area contributed by atoms with E-state index >= 15 is 0 Å². The van der Waals surface area contributed by atoms with Gasteiger partial charge in [0, 0.05) is 16.5 Å². The van der Waals surface area contributed by atoms with E-state index in [2.05, 4.69) is 24.2 Å². The largest absolute Gasteiger partial charge is 0.241 e. The molecule has 0 radical (unpaired) electrons. The highest BCUT2D eigenvalue weighted by molar-refractivity contribution is 7.98. The van der Waals surface area contributed by atoms with Gasteiger partial charge in [-0.05, 0) is 25.7 Å². The molecule has 0 aliphatic carbocycles. The molecule has 0 bridgehead atoms. The van der Waals surface area contributed by atoms with Crippen molar-refractivity contribution in [1.29, 1.82) is 0 Å². The number of hydrogen-bond donors (Lipinski definition) is 0. The van der Waals surface area contributed by atoms with Crippen LogP contribution in [0.3, 0.4) is 0 Å². The first-order valence-electron chi connectivity index (χ1n) is 4.34. The minimum Gasteiger partial charge on any atom is -0.241 e. The van der Waals surface area contributed by atoms with E-state index in [9.17, 15) is 0 Å². The predicted octanol–water partition coefficient (Wildman–Crippen LogP) is 3.86. The van der Waals surface area contributed by atoms with Crippen LogP contribution in [0, 0.1) is 6.92 Å². The summed E-state index contributed by atoms with van der Waals surface area (Å²) in [4.78, 5) is 4.24. The standard InChI is InChI=1S/C10H14ClNS/c1-4-9(13-3)8-6-5-7(2)12-10(8)11/h5-6,9H,4H2,1-3H3/i1+2. The molecule has 0 saturated carbocycles. The Kier molecular flexibility index (Phi) is 4.07. The van der Waals surface area contributed by atoms with Crippen LogP contribution in [0.2, 0.25) is 5.15 Å². The summed E-state index contributed by atoms with van der Waals surface area (Å²) in [6.07, 6.45) is 3.19. The Bertz CT molecular complexity index is 284. The van der Waals surface area contributed by atoms with Crippen LogP contribution in [0.5, 0.6) is 0 Å². The van der Waals surface area contributed by atoms with E-state index in [1.54, 1.807) is 0 Å². The lowest BCUT2D eigenvalue weighted by molar-refractivity contribution is 0.888. The molecule has 3 heteroatoms. The Hall–Kier alpha value is -0.210. The quantitative estimate of drug-likeness (QED) is 0.714. The molecule has 13 heavy (non-hydrogen) atoms. The van der Waals surface area contributed by atoms with Crippen molar-refractivity contribution >= 4 is 23.4 Å². The van der Waals surface area contributed by atoms with Gasteiger partial charge >= 0.3 is 0 Å². The minimum absolute atomic E-state index is 0.473. The SMILES string of the molecule is CSC(C[14CH3])c1ccc(C)nc1Cl. The Morgan fingerprint density at radius 2 is 2.31 bits per heavy atom. The van der Waals surface area contributed by atoms with Crippen molar-refractivity contribution in [3.63, 3.8) is 0 Å². The Balaban J connectivity index is 2.99. The van der Waals surface area contributed by atoms with Gasteiger partial charge in [-0.3, -0.25) is 0 Å². The fourth-order valence-electron chi connectivity index (χ4n) is 1.29. The molecule has 0 fully saturated rings. The molecule has 1 atom stereocenters. The maximum Gasteiger partial charge on any atom is 0.133 e. The maximum atomic E-state index is 6.06. The van der Waals surface area contributed by atoms with Crippen LogP contribution >= 0.6 is 23.4 Å². The highest BCUT2D eigenvalue weighted by Gasteiger charge is 2.11. The van der Waals surface area contributed by atoms with E-state index in [-0.39, 0.29) is 0 Å². The first-order chi connectivity index (χ1) is 6.19. The lowest BCUT2D eigenvalue weighted by Gasteiger charge is -2.13. The van der Waals surface area contributed by atoms with Crippen LogP contribution in [0.1, 0.15) is 29.9 Å². The zero-order valence-corrected chi connectivity index (χ0v) is 9.75. The number of halogens is 1. The number of pyridine rings is 1. The molecule has 0 amide bonds. The summed E-state index contributed by atoms with van der Waals surface area (Å²) >= 11 is 7.88. The number of rotatable bonds is 3. The smallest absolute Gasteiger partial charge is 0.133 e. The van der Waals surface area contributed by atoms with Gasteiger partial charge in [0.15, 0.2) is 0 Å². The van der Waals surface area contributed by atoms with Crippen molar-refractivity contribution in [1.82, 2.24) is 4.98 Å². The topological polar surface area (TPSA) is 12.9 Å². The monoisotopic (exact) mass is 217 g/mol. The van der Waals surface area contributed by atoms with Crippen LogP contribution < -0.4 is 0 Å². The Morgan fingerprint density at radius 1 is 1.62 bits per heavy atom. The molecule has 0 spiro atoms. The minimum atomic E-state index is 0.473. The van der Waals surface area contributed by atoms with Crippen molar-refractivity contribution in [3.05, 3.63) is 28.5 Å². The van der Waals surface area contributed by atoms with Gasteiger partial charge in [0.2, 0.25) is 0 Å². The first-order valence-corrected chi connectivity index (χ1v) is 6.01. The lowest BCUT2D eigenvalue weighted by Crippen LogP contribution is -1.95. The molecule has 0 aliphatic heterocycles. The van der Waals surface area contributed by atoms with Crippen LogP contribution in [-0.2, 0) is 0 Å². The third kappa shape index (κ3) is 2.61. The molecule has 0 aromatic carbocycles. The number of nitrogens with zero attached hydrogens (tertiary/aromatic N) is 1. The van der Waals surface area contributed by atoms with Crippen LogP contribution in [0.25, 0.3) is 0 Å². The Morgan fingerprint density at radius 3 is 2.77 bits per heavy atom. The highest BCUT2D eigenvalue weighted by atomic mass is 35.5. The molecule has 1 aromatic rings. The Labute approximate surface area is 88.9 Å². The first kappa shape index (κ1) is 10.9. The van der Waals surface area contributed by atoms with Gasteiger partial charge in [-0.2, -0.15) is 11.8 Å². The van der Waals surface area contributed by atoms with Gasteiger partial charge in [0.05, 0.1) is 0 Å². The van der Waals surface area contributed by atoms with Crippen LogP contribution in [0.15, 0.2) is 12.1 Å². The third-order valence-electron chi connectivity index (χ3n) is 2.02. The van der Waals surface area contributed by atoms with Gasteiger partial charge in [-0.15, -0.1) is 0 Å². The lowest BCUT2D eigenvalue weighted by atomic mass is 10.2. The fourth-order valence-corrected chi connectivity index (χ4v) is 2.46. The molecular formula is C10H14ClNS. The van der Waals surface area contributed by atoms with Crippen LogP contribution in [-0.4, -0.2) is 11.2 Å². The van der Waals surface area contributed by atoms with E-state index in [0.717, 1.165) is 17.7 Å². The normalized spacial score (nSPS) is 12.9. The van der Waals surface area contributed by atoms with Crippen LogP contribution in [0.4, 0.5) is 0 Å². The summed E-state index contributed by atoms with van der Waals surface area (Å²) in [7, 11) is 0. The second-order valence-electron chi connectivity index (χ2n) is 2.97. The van der Waals surface area contributed by atoms with E-state index in [0.29, 0.717) is 10.4 Å². The van der Waals surface area contributed by atoms with Gasteiger partial charge in [0.1, 0.15) is 5.15 Å². The second-order valence-corrected chi connectivity index (χ2v) is 4.36. The summed E-state index contributed by atoms with van der Waals surface area (Å²) in [6, 6.07) is 4.09. The number of aromatic nitrogens is 1. The van der Waals surface area contributed by atoms with Crippen molar-refractivity contribution in [3.8, 4) is 0 Å². The number of thioether (sulfide) groups is 1. The summed E-state index contributed by atoms with van der Waals surface area (Å²) in [6.45, 7) is 4.12. The number of hydrogen-bond acceptors (Lipinski definition) is 2. The van der Waals surface area contributed by atoms with Crippen molar-refractivity contribution in [2.24, 2.45) is 0 Å². The zero-order chi connectivity index (χ0) is 9.84. The maximum absolute atomic E-state index is 6.06. The van der Waals surface area contributed by atoms with E-state index in [1.165, 1.54) is 0 Å². The number of aryl methyl sites for hydroxylation is 1. The van der Waals surface area contributed by atoms with Gasteiger partial charge in [-0.25, -0.2) is 4.98 Å². The summed E-state index contributed by atoms with van der Waals surface area (Å²) in [5, 5.41) is 1.13. The average Bonchev–Trinajstić information content (AvgIpc) is 2.10. The van der Waals surface area contributed by atoms with Gasteiger partial charge in [0.25, 0.3) is 0 Å². The van der Waals surface area contributed by atoms with Crippen molar-refractivity contribution in [2.75, 3.05) is 6.26 Å². The molecule has 0 N–H and O–H groups in total. The van der Waals surface area contributed by atoms with Gasteiger partial charge in [-0.1, -0.05) is 24.6 Å². The van der Waals surface area contributed by atoms with Gasteiger partial charge < -0.3 is 0 Å². The van der Waals surface area contributed by atoms with E-state index in [4.69, 9.17) is 11.6 Å². The average molecular weight is 218 g/mol. The fraction of sp³-hybridized carbons (Fsp3) is 0.500. The summed E-state index contributed by atoms with van der Waals surface area (Å²) in [5.41, 5.74) is 2.13. The molecule has 0 aliphatic rings. The van der Waals surface area contributed by atoms with E-state index < -0.39 is 0 Å². The highest BCUT2D eigenvalue weighted by Crippen LogP contribution is 2.33. The second kappa shape index (κ2) is 4.87. The zero-order valence-electron chi connectivity index (χ0n) is 8.17. The third-order valence-corrected chi connectivity index (χ3v) is 3.48. The molecule has 1 nitrogen and oxygen atoms in total. The molecule has 1 rings (SSSR count). The molecule has 1 unspecified atom stereocenters. The summed E-state index contributed by atoms with van der Waals surface area (Å²) < 4.78 is 0. The molecule has 1 aromatic heterocycles. The van der Waals surface area contributed by atoms with Crippen molar-refractivity contribution < 1.29 is 0 Å². The molecular weight excluding hydrogens is 204 g/mol. The van der Waals surface area contributed by atoms with Crippen molar-refractivity contribution in [2.45, 2.75) is 25.5 Å². The summed E-state index contributed by atoms with van der Waals surface area (Å²) in [5.74, 6) is 0. The van der Waals surface area contributed by atoms with E-state index in [1.807, 2.05) is 24.8 Å². The molecule has 1 heterocycles. The molecule has 72 valence electrons. The molecule has 0 saturated heterocycles.